The summed E-state index contributed by atoms with van der Waals surface area (Å²) in [4.78, 5) is 38.4. The van der Waals surface area contributed by atoms with Crippen LogP contribution in [0.25, 0.3) is 17.4 Å². The minimum Gasteiger partial charge on any atom is -0.457 e. The van der Waals surface area contributed by atoms with E-state index in [1.54, 1.807) is 42.5 Å². The van der Waals surface area contributed by atoms with Crippen LogP contribution in [-0.2, 0) is 9.59 Å². The van der Waals surface area contributed by atoms with Gasteiger partial charge in [-0.3, -0.25) is 19.3 Å². The molecule has 1 aromatic heterocycles. The number of benzene rings is 2. The van der Waals surface area contributed by atoms with Crippen LogP contribution in [0.5, 0.6) is 11.5 Å². The number of thioether (sulfide) groups is 1. The topological polar surface area (TPSA) is 98.1 Å². The van der Waals surface area contributed by atoms with Gasteiger partial charge in [-0.15, -0.1) is 0 Å². The summed E-state index contributed by atoms with van der Waals surface area (Å²) in [6.45, 7) is -0.327. The van der Waals surface area contributed by atoms with Crippen LogP contribution in [0.15, 0.2) is 63.9 Å². The van der Waals surface area contributed by atoms with Crippen molar-refractivity contribution < 1.29 is 32.7 Å². The SMILES string of the molecule is O=C(CN1C(=O)S/C(=C\c2ccc(-c3ccc(F)cc3)o2)C1=O)Nc1ccc2c(c1)OCO2. The van der Waals surface area contributed by atoms with E-state index in [2.05, 4.69) is 5.32 Å². The summed E-state index contributed by atoms with van der Waals surface area (Å²) in [7, 11) is 0. The van der Waals surface area contributed by atoms with Gasteiger partial charge in [0.25, 0.3) is 11.1 Å². The molecular weight excluding hydrogens is 451 g/mol. The summed E-state index contributed by atoms with van der Waals surface area (Å²) in [6.07, 6.45) is 1.44. The maximum atomic E-state index is 13.1. The monoisotopic (exact) mass is 466 g/mol. The Balaban J connectivity index is 1.25. The van der Waals surface area contributed by atoms with Crippen LogP contribution in [0.1, 0.15) is 5.76 Å². The lowest BCUT2D eigenvalue weighted by atomic mass is 10.2. The van der Waals surface area contributed by atoms with Crippen molar-refractivity contribution in [2.45, 2.75) is 0 Å². The Morgan fingerprint density at radius 3 is 2.67 bits per heavy atom. The summed E-state index contributed by atoms with van der Waals surface area (Å²) >= 11 is 0.721. The van der Waals surface area contributed by atoms with E-state index in [-0.39, 0.29) is 17.5 Å². The molecule has 2 aliphatic rings. The van der Waals surface area contributed by atoms with Gasteiger partial charge < -0.3 is 19.2 Å². The fourth-order valence-corrected chi connectivity index (χ4v) is 4.10. The number of ether oxygens (including phenoxy) is 2. The van der Waals surface area contributed by atoms with E-state index in [1.165, 1.54) is 18.2 Å². The molecule has 2 aromatic carbocycles. The molecule has 5 rings (SSSR count). The van der Waals surface area contributed by atoms with Gasteiger partial charge in [-0.1, -0.05) is 0 Å². The summed E-state index contributed by atoms with van der Waals surface area (Å²) in [5.74, 6) is 0.430. The van der Waals surface area contributed by atoms with Crippen molar-refractivity contribution in [1.29, 1.82) is 0 Å². The largest absolute Gasteiger partial charge is 0.457 e. The molecule has 166 valence electrons. The Morgan fingerprint density at radius 1 is 1.06 bits per heavy atom. The number of nitrogens with zero attached hydrogens (tertiary/aromatic N) is 1. The van der Waals surface area contributed by atoms with E-state index in [9.17, 15) is 18.8 Å². The normalized spacial score (nSPS) is 16.0. The molecule has 3 aromatic rings. The number of hydrogen-bond acceptors (Lipinski definition) is 7. The predicted molar refractivity (Wildman–Crippen MR) is 118 cm³/mol. The van der Waals surface area contributed by atoms with E-state index < -0.39 is 23.6 Å². The summed E-state index contributed by atoms with van der Waals surface area (Å²) in [5.41, 5.74) is 1.13. The third-order valence-corrected chi connectivity index (χ3v) is 5.77. The Kier molecular flexibility index (Phi) is 5.35. The van der Waals surface area contributed by atoms with Crippen molar-refractivity contribution >= 4 is 40.6 Å². The number of rotatable bonds is 5. The molecule has 3 heterocycles. The predicted octanol–water partition coefficient (Wildman–Crippen LogP) is 4.49. The molecule has 3 amide bonds. The molecule has 10 heteroatoms. The molecule has 1 fully saturated rings. The Bertz CT molecular complexity index is 1300. The van der Waals surface area contributed by atoms with Gasteiger partial charge in [0.1, 0.15) is 23.9 Å². The van der Waals surface area contributed by atoms with Crippen molar-refractivity contribution in [3.05, 3.63) is 71.1 Å². The smallest absolute Gasteiger partial charge is 0.294 e. The third kappa shape index (κ3) is 4.33. The Hall–Kier alpha value is -4.05. The Morgan fingerprint density at radius 2 is 1.85 bits per heavy atom. The van der Waals surface area contributed by atoms with Crippen molar-refractivity contribution in [1.82, 2.24) is 4.90 Å². The zero-order chi connectivity index (χ0) is 22.9. The summed E-state index contributed by atoms with van der Waals surface area (Å²) in [5, 5.41) is 2.08. The maximum Gasteiger partial charge on any atom is 0.294 e. The number of carbonyl (C=O) groups excluding carboxylic acids is 3. The first-order valence-electron chi connectivity index (χ1n) is 9.77. The van der Waals surface area contributed by atoms with Crippen LogP contribution in [0.2, 0.25) is 0 Å². The average Bonchev–Trinajstić information content (AvgIpc) is 3.51. The molecule has 0 aliphatic carbocycles. The first-order valence-corrected chi connectivity index (χ1v) is 10.6. The molecule has 1 N–H and O–H groups in total. The van der Waals surface area contributed by atoms with Crippen LogP contribution in [-0.4, -0.2) is 35.3 Å². The molecule has 0 spiro atoms. The molecule has 2 aliphatic heterocycles. The number of imide groups is 1. The van der Waals surface area contributed by atoms with Crippen LogP contribution < -0.4 is 14.8 Å². The number of nitrogens with one attached hydrogen (secondary N) is 1. The Labute approximate surface area is 191 Å². The molecule has 0 unspecified atom stereocenters. The van der Waals surface area contributed by atoms with Crippen molar-refractivity contribution in [2.75, 3.05) is 18.7 Å². The molecule has 0 saturated carbocycles. The number of carbonyl (C=O) groups is 3. The standard InChI is InChI=1S/C23H15FN2O6S/c24-14-3-1-13(2-4-14)17-8-6-16(32-17)10-20-22(28)26(23(29)33-20)11-21(27)25-15-5-7-18-19(9-15)31-12-30-18/h1-10H,11-12H2,(H,25,27)/b20-10-. The van der Waals surface area contributed by atoms with E-state index in [4.69, 9.17) is 13.9 Å². The maximum absolute atomic E-state index is 13.1. The first-order chi connectivity index (χ1) is 16.0. The van der Waals surface area contributed by atoms with Crippen LogP contribution in [0.4, 0.5) is 14.9 Å². The highest BCUT2D eigenvalue weighted by Crippen LogP contribution is 2.35. The van der Waals surface area contributed by atoms with Gasteiger partial charge >= 0.3 is 0 Å². The minimum absolute atomic E-state index is 0.108. The fourth-order valence-electron chi connectivity index (χ4n) is 3.28. The van der Waals surface area contributed by atoms with Gasteiger partial charge in [-0.2, -0.15) is 0 Å². The molecule has 0 bridgehead atoms. The number of anilines is 1. The number of amides is 3. The summed E-state index contributed by atoms with van der Waals surface area (Å²) in [6, 6.07) is 14.0. The van der Waals surface area contributed by atoms with Gasteiger partial charge in [0.05, 0.1) is 4.91 Å². The highest BCUT2D eigenvalue weighted by atomic mass is 32.2. The number of hydrogen-bond donors (Lipinski definition) is 1. The highest BCUT2D eigenvalue weighted by Gasteiger charge is 2.36. The fraction of sp³-hybridized carbons (Fsp3) is 0.0870. The molecule has 0 atom stereocenters. The second kappa shape index (κ2) is 8.47. The van der Waals surface area contributed by atoms with Crippen LogP contribution >= 0.6 is 11.8 Å². The third-order valence-electron chi connectivity index (χ3n) is 4.86. The zero-order valence-corrected chi connectivity index (χ0v) is 17.7. The number of furan rings is 1. The highest BCUT2D eigenvalue weighted by molar-refractivity contribution is 8.18. The molecule has 8 nitrogen and oxygen atoms in total. The molecule has 0 radical (unpaired) electrons. The van der Waals surface area contributed by atoms with Gasteiger partial charge in [0.2, 0.25) is 12.7 Å². The summed E-state index contributed by atoms with van der Waals surface area (Å²) < 4.78 is 29.3. The van der Waals surface area contributed by atoms with Gasteiger partial charge in [-0.25, -0.2) is 4.39 Å². The minimum atomic E-state index is -0.592. The molecule has 33 heavy (non-hydrogen) atoms. The second-order valence-electron chi connectivity index (χ2n) is 7.09. The van der Waals surface area contributed by atoms with Crippen LogP contribution in [0, 0.1) is 5.82 Å². The number of halogens is 1. The van der Waals surface area contributed by atoms with E-state index in [0.29, 0.717) is 34.3 Å². The van der Waals surface area contributed by atoms with Gasteiger partial charge in [-0.05, 0) is 60.3 Å². The van der Waals surface area contributed by atoms with E-state index >= 15 is 0 Å². The van der Waals surface area contributed by atoms with Gasteiger partial charge in [0, 0.05) is 23.4 Å². The van der Waals surface area contributed by atoms with Crippen molar-refractivity contribution in [2.24, 2.45) is 0 Å². The lowest BCUT2D eigenvalue weighted by Gasteiger charge is -2.12. The average molecular weight is 466 g/mol. The quantitative estimate of drug-likeness (QED) is 0.553. The van der Waals surface area contributed by atoms with Crippen molar-refractivity contribution in [3.63, 3.8) is 0 Å². The first kappa shape index (κ1) is 20.8. The van der Waals surface area contributed by atoms with E-state index in [0.717, 1.165) is 16.7 Å². The number of fused-ring (bicyclic) bond motifs is 1. The van der Waals surface area contributed by atoms with Crippen molar-refractivity contribution in [3.8, 4) is 22.8 Å². The van der Waals surface area contributed by atoms with E-state index in [1.807, 2.05) is 0 Å². The van der Waals surface area contributed by atoms with Crippen LogP contribution in [0.3, 0.4) is 0 Å². The molecular formula is C23H15FN2O6S. The van der Waals surface area contributed by atoms with Gasteiger partial charge in [0.15, 0.2) is 11.5 Å². The lowest BCUT2D eigenvalue weighted by molar-refractivity contribution is -0.127. The second-order valence-corrected chi connectivity index (χ2v) is 8.09. The zero-order valence-electron chi connectivity index (χ0n) is 16.9. The molecule has 1 saturated heterocycles. The lowest BCUT2D eigenvalue weighted by Crippen LogP contribution is -2.36.